The van der Waals surface area contributed by atoms with Gasteiger partial charge in [-0.25, -0.2) is 0 Å². The summed E-state index contributed by atoms with van der Waals surface area (Å²) in [5.41, 5.74) is -0.571. The fourth-order valence-corrected chi connectivity index (χ4v) is 7.99. The maximum Gasteiger partial charge on any atom is 0.418 e. The van der Waals surface area contributed by atoms with Crippen LogP contribution in [0.1, 0.15) is 63.5 Å². The molecule has 34 heavy (non-hydrogen) atoms. The molecule has 3 unspecified atom stereocenters. The molecule has 5 rings (SSSR count). The summed E-state index contributed by atoms with van der Waals surface area (Å²) >= 11 is 0. The third kappa shape index (κ3) is 3.57. The number of halogens is 3. The van der Waals surface area contributed by atoms with Gasteiger partial charge in [0.15, 0.2) is 0 Å². The molecule has 7 heteroatoms. The molecular weight excluding hydrogens is 441 g/mol. The summed E-state index contributed by atoms with van der Waals surface area (Å²) in [5.74, 6) is 0.661. The van der Waals surface area contributed by atoms with Crippen LogP contribution < -0.4 is 10.6 Å². The highest BCUT2D eigenvalue weighted by Gasteiger charge is 2.61. The molecule has 0 radical (unpaired) electrons. The molecule has 4 nitrogen and oxygen atoms in total. The Morgan fingerprint density at radius 1 is 1.09 bits per heavy atom. The fourth-order valence-electron chi connectivity index (χ4n) is 7.99. The van der Waals surface area contributed by atoms with Gasteiger partial charge in [0.05, 0.1) is 11.3 Å². The molecule has 2 amide bonds. The van der Waals surface area contributed by atoms with Gasteiger partial charge in [-0.15, -0.1) is 0 Å². The summed E-state index contributed by atoms with van der Waals surface area (Å²) in [7, 11) is 0. The predicted molar refractivity (Wildman–Crippen MR) is 124 cm³/mol. The first-order valence-corrected chi connectivity index (χ1v) is 12.4. The summed E-state index contributed by atoms with van der Waals surface area (Å²) in [4.78, 5) is 25.3. The van der Waals surface area contributed by atoms with E-state index in [1.165, 1.54) is 12.1 Å². The Kier molecular flexibility index (Phi) is 5.41. The summed E-state index contributed by atoms with van der Waals surface area (Å²) in [6.07, 6.45) is 4.66. The molecule has 0 bridgehead atoms. The van der Waals surface area contributed by atoms with Crippen LogP contribution in [0.15, 0.2) is 30.4 Å². The first-order chi connectivity index (χ1) is 15.9. The Labute approximate surface area is 198 Å². The second kappa shape index (κ2) is 7.85. The van der Waals surface area contributed by atoms with Gasteiger partial charge >= 0.3 is 6.18 Å². The number of benzene rings is 1. The van der Waals surface area contributed by atoms with E-state index in [1.54, 1.807) is 13.0 Å². The zero-order chi connectivity index (χ0) is 24.5. The van der Waals surface area contributed by atoms with Gasteiger partial charge in [-0.05, 0) is 92.4 Å². The lowest BCUT2D eigenvalue weighted by Crippen LogP contribution is -2.59. The van der Waals surface area contributed by atoms with E-state index in [0.717, 1.165) is 38.2 Å². The highest BCUT2D eigenvalue weighted by atomic mass is 19.4. The van der Waals surface area contributed by atoms with Gasteiger partial charge in [0.25, 0.3) is 0 Å². The maximum absolute atomic E-state index is 13.6. The summed E-state index contributed by atoms with van der Waals surface area (Å²) in [5, 5.41) is 5.83. The standard InChI is InChI=1S/C27H33F3N2O2/c1-15-4-6-19(27(28,29)30)21(14-15)31-24(34)20-8-7-17-16-5-9-22-26(3,13-11-23(33)32-22)18(16)10-12-25(17,20)2/h4,6,11,13-14,16-18,20,22H,5,7-10,12H2,1-3H3,(H,31,34)(H,32,33)/t16?,17?,18?,20-,22-,25+,26-/m1/s1. The van der Waals surface area contributed by atoms with Crippen molar-refractivity contribution in [3.63, 3.8) is 0 Å². The van der Waals surface area contributed by atoms with Crippen molar-refractivity contribution in [1.29, 1.82) is 0 Å². The number of alkyl halides is 3. The third-order valence-corrected chi connectivity index (χ3v) is 9.74. The lowest BCUT2D eigenvalue weighted by molar-refractivity contribution is -0.137. The second-order valence-corrected chi connectivity index (χ2v) is 11.4. The number of carbonyl (C=O) groups excluding carboxylic acids is 2. The van der Waals surface area contributed by atoms with Crippen LogP contribution in [-0.4, -0.2) is 17.9 Å². The van der Waals surface area contributed by atoms with Crippen molar-refractivity contribution in [3.05, 3.63) is 41.5 Å². The van der Waals surface area contributed by atoms with Crippen LogP contribution in [0.2, 0.25) is 0 Å². The van der Waals surface area contributed by atoms with Crippen LogP contribution >= 0.6 is 0 Å². The van der Waals surface area contributed by atoms with Crippen molar-refractivity contribution in [2.45, 2.75) is 71.5 Å². The molecule has 1 aromatic carbocycles. The van der Waals surface area contributed by atoms with E-state index in [9.17, 15) is 22.8 Å². The number of amides is 2. The topological polar surface area (TPSA) is 58.2 Å². The highest BCUT2D eigenvalue weighted by molar-refractivity contribution is 5.94. The van der Waals surface area contributed by atoms with Crippen molar-refractivity contribution in [1.82, 2.24) is 5.32 Å². The van der Waals surface area contributed by atoms with Crippen molar-refractivity contribution in [2.24, 2.45) is 34.5 Å². The first kappa shape index (κ1) is 23.4. The van der Waals surface area contributed by atoms with Crippen LogP contribution in [0.4, 0.5) is 18.9 Å². The minimum absolute atomic E-state index is 0.0199. The number of fused-ring (bicyclic) bond motifs is 5. The van der Waals surface area contributed by atoms with E-state index in [2.05, 4.69) is 30.6 Å². The number of nitrogens with one attached hydrogen (secondary N) is 2. The van der Waals surface area contributed by atoms with Crippen LogP contribution in [-0.2, 0) is 15.8 Å². The molecule has 1 aromatic rings. The number of rotatable bonds is 2. The fraction of sp³-hybridized carbons (Fsp3) is 0.630. The SMILES string of the molecule is Cc1ccc(C(F)(F)F)c(NC(=O)[C@H]2CCC3C4CC[C@H]5NC(=O)C=C[C@]5(C)C4CC[C@@]32C)c1. The van der Waals surface area contributed by atoms with Crippen molar-refractivity contribution in [2.75, 3.05) is 5.32 Å². The van der Waals surface area contributed by atoms with Crippen LogP contribution in [0.5, 0.6) is 0 Å². The molecule has 184 valence electrons. The van der Waals surface area contributed by atoms with E-state index in [0.29, 0.717) is 29.7 Å². The Morgan fingerprint density at radius 2 is 1.85 bits per heavy atom. The minimum Gasteiger partial charge on any atom is -0.349 e. The zero-order valence-corrected chi connectivity index (χ0v) is 20.0. The number of carbonyl (C=O) groups is 2. The number of aryl methyl sites for hydroxylation is 1. The quantitative estimate of drug-likeness (QED) is 0.564. The molecular formula is C27H33F3N2O2. The van der Waals surface area contributed by atoms with E-state index in [4.69, 9.17) is 0 Å². The molecule has 3 fully saturated rings. The van der Waals surface area contributed by atoms with E-state index < -0.39 is 11.7 Å². The smallest absolute Gasteiger partial charge is 0.349 e. The minimum atomic E-state index is -4.52. The van der Waals surface area contributed by atoms with E-state index in [1.807, 2.05) is 0 Å². The molecule has 0 spiro atoms. The predicted octanol–water partition coefficient (Wildman–Crippen LogP) is 5.87. The summed E-state index contributed by atoms with van der Waals surface area (Å²) < 4.78 is 40.7. The monoisotopic (exact) mass is 474 g/mol. The van der Waals surface area contributed by atoms with Crippen LogP contribution in [0.3, 0.4) is 0 Å². The largest absolute Gasteiger partial charge is 0.418 e. The Morgan fingerprint density at radius 3 is 2.59 bits per heavy atom. The normalized spacial score (nSPS) is 39.0. The van der Waals surface area contributed by atoms with Gasteiger partial charge in [0.1, 0.15) is 0 Å². The van der Waals surface area contributed by atoms with Crippen LogP contribution in [0, 0.1) is 41.4 Å². The van der Waals surface area contributed by atoms with Crippen molar-refractivity contribution >= 4 is 17.5 Å². The summed E-state index contributed by atoms with van der Waals surface area (Å²) in [6, 6.07) is 4.03. The first-order valence-electron chi connectivity index (χ1n) is 12.4. The Balaban J connectivity index is 1.38. The van der Waals surface area contributed by atoms with Gasteiger partial charge < -0.3 is 10.6 Å². The molecule has 2 N–H and O–H groups in total. The average Bonchev–Trinajstić information content (AvgIpc) is 3.11. The molecule has 1 heterocycles. The van der Waals surface area contributed by atoms with Gasteiger partial charge in [-0.3, -0.25) is 9.59 Å². The number of anilines is 1. The zero-order valence-electron chi connectivity index (χ0n) is 20.0. The van der Waals surface area contributed by atoms with E-state index >= 15 is 0 Å². The summed E-state index contributed by atoms with van der Waals surface area (Å²) in [6.45, 7) is 6.16. The van der Waals surface area contributed by atoms with Gasteiger partial charge in [-0.2, -0.15) is 13.2 Å². The molecule has 7 atom stereocenters. The number of hydrogen-bond acceptors (Lipinski definition) is 2. The van der Waals surface area contributed by atoms with Crippen LogP contribution in [0.25, 0.3) is 0 Å². The molecule has 1 aliphatic heterocycles. The van der Waals surface area contributed by atoms with Crippen molar-refractivity contribution in [3.8, 4) is 0 Å². The second-order valence-electron chi connectivity index (χ2n) is 11.4. The molecule has 0 aromatic heterocycles. The highest BCUT2D eigenvalue weighted by Crippen LogP contribution is 2.65. The van der Waals surface area contributed by atoms with Crippen molar-refractivity contribution < 1.29 is 22.8 Å². The lowest BCUT2D eigenvalue weighted by atomic mass is 9.48. The Hall–Kier alpha value is -2.31. The van der Waals surface area contributed by atoms with Gasteiger partial charge in [0.2, 0.25) is 11.8 Å². The molecule has 3 saturated carbocycles. The molecule has 3 aliphatic carbocycles. The maximum atomic E-state index is 13.6. The van der Waals surface area contributed by atoms with Gasteiger partial charge in [0, 0.05) is 17.4 Å². The number of hydrogen-bond donors (Lipinski definition) is 2. The molecule has 0 saturated heterocycles. The van der Waals surface area contributed by atoms with E-state index in [-0.39, 0.29) is 40.3 Å². The lowest BCUT2D eigenvalue weighted by Gasteiger charge is -2.58. The third-order valence-electron chi connectivity index (χ3n) is 9.74. The Bertz CT molecular complexity index is 1050. The average molecular weight is 475 g/mol. The van der Waals surface area contributed by atoms with Gasteiger partial charge in [-0.1, -0.05) is 26.0 Å². The molecule has 4 aliphatic rings.